The van der Waals surface area contributed by atoms with Gasteiger partial charge in [0.15, 0.2) is 5.57 Å². The highest BCUT2D eigenvalue weighted by Crippen LogP contribution is 2.14. The van der Waals surface area contributed by atoms with Crippen molar-refractivity contribution in [1.29, 1.82) is 5.26 Å². The minimum absolute atomic E-state index is 0.00574. The number of esters is 1. The van der Waals surface area contributed by atoms with Gasteiger partial charge in [-0.3, -0.25) is 0 Å². The SMILES string of the molecule is C=CCN/C(SC)=C(/C#N)C(=O)OCC. The van der Waals surface area contributed by atoms with Crippen LogP contribution in [-0.4, -0.2) is 25.4 Å². The summed E-state index contributed by atoms with van der Waals surface area (Å²) < 4.78 is 4.76. The average Bonchev–Trinajstić information content (AvgIpc) is 2.24. The third-order valence-corrected chi connectivity index (χ3v) is 2.19. The van der Waals surface area contributed by atoms with Crippen molar-refractivity contribution >= 4 is 17.7 Å². The van der Waals surface area contributed by atoms with E-state index >= 15 is 0 Å². The molecule has 0 rings (SSSR count). The van der Waals surface area contributed by atoms with Crippen LogP contribution in [0.2, 0.25) is 0 Å². The standard InChI is InChI=1S/C10H14N2O2S/c1-4-6-12-9(15-3)8(7-11)10(13)14-5-2/h4,12H,1,5-6H2,2-3H3/b9-8+. The number of nitrogens with one attached hydrogen (secondary N) is 1. The third-order valence-electron chi connectivity index (χ3n) is 1.43. The summed E-state index contributed by atoms with van der Waals surface area (Å²) in [4.78, 5) is 11.4. The molecule has 0 atom stereocenters. The molecule has 1 N–H and O–H groups in total. The van der Waals surface area contributed by atoms with Gasteiger partial charge in [-0.25, -0.2) is 4.79 Å². The van der Waals surface area contributed by atoms with Gasteiger partial charge in [0.2, 0.25) is 0 Å². The molecule has 0 fully saturated rings. The molecule has 0 saturated heterocycles. The van der Waals surface area contributed by atoms with Crippen LogP contribution >= 0.6 is 11.8 Å². The number of carbonyl (C=O) groups is 1. The molecule has 82 valence electrons. The molecule has 0 aliphatic heterocycles. The molecule has 4 nitrogen and oxygen atoms in total. The van der Waals surface area contributed by atoms with Gasteiger partial charge in [0.05, 0.1) is 11.6 Å². The second-order valence-corrected chi connectivity index (χ2v) is 3.23. The molecule has 0 unspecified atom stereocenters. The molecular weight excluding hydrogens is 212 g/mol. The molecule has 0 aromatic carbocycles. The lowest BCUT2D eigenvalue weighted by molar-refractivity contribution is -0.138. The lowest BCUT2D eigenvalue weighted by atomic mass is 10.3. The molecule has 0 heterocycles. The second-order valence-electron chi connectivity index (χ2n) is 2.41. The number of hydrogen-bond acceptors (Lipinski definition) is 5. The van der Waals surface area contributed by atoms with Gasteiger partial charge < -0.3 is 10.1 Å². The molecule has 0 amide bonds. The van der Waals surface area contributed by atoms with Crippen LogP contribution in [0.25, 0.3) is 0 Å². The van der Waals surface area contributed by atoms with Crippen LogP contribution in [0.4, 0.5) is 0 Å². The van der Waals surface area contributed by atoms with Crippen molar-refractivity contribution in [2.45, 2.75) is 6.92 Å². The minimum Gasteiger partial charge on any atom is -0.462 e. The smallest absolute Gasteiger partial charge is 0.351 e. The molecule has 0 aliphatic carbocycles. The Morgan fingerprint density at radius 2 is 2.40 bits per heavy atom. The van der Waals surface area contributed by atoms with Gasteiger partial charge in [-0.2, -0.15) is 5.26 Å². The van der Waals surface area contributed by atoms with Crippen LogP contribution in [0.1, 0.15) is 6.92 Å². The Morgan fingerprint density at radius 1 is 1.73 bits per heavy atom. The van der Waals surface area contributed by atoms with Gasteiger partial charge in [-0.15, -0.1) is 18.3 Å². The number of thioether (sulfide) groups is 1. The maximum absolute atomic E-state index is 11.4. The number of nitrogens with zero attached hydrogens (tertiary/aromatic N) is 1. The summed E-state index contributed by atoms with van der Waals surface area (Å²) in [6.07, 6.45) is 3.43. The highest BCUT2D eigenvalue weighted by atomic mass is 32.2. The summed E-state index contributed by atoms with van der Waals surface area (Å²) >= 11 is 1.29. The number of nitriles is 1. The summed E-state index contributed by atoms with van der Waals surface area (Å²) in [5.41, 5.74) is 0.00574. The predicted molar refractivity (Wildman–Crippen MR) is 61.0 cm³/mol. The minimum atomic E-state index is -0.596. The van der Waals surface area contributed by atoms with E-state index in [9.17, 15) is 4.79 Å². The van der Waals surface area contributed by atoms with E-state index in [1.165, 1.54) is 11.8 Å². The fourth-order valence-corrected chi connectivity index (χ4v) is 1.38. The first-order chi connectivity index (χ1) is 7.21. The molecule has 0 radical (unpaired) electrons. The fraction of sp³-hybridized carbons (Fsp3) is 0.400. The van der Waals surface area contributed by atoms with E-state index in [1.807, 2.05) is 6.07 Å². The van der Waals surface area contributed by atoms with Crippen LogP contribution in [-0.2, 0) is 9.53 Å². The van der Waals surface area contributed by atoms with Crippen LogP contribution < -0.4 is 5.32 Å². The summed E-state index contributed by atoms with van der Waals surface area (Å²) in [7, 11) is 0. The zero-order valence-corrected chi connectivity index (χ0v) is 9.69. The third kappa shape index (κ3) is 4.56. The first kappa shape index (κ1) is 13.6. The Labute approximate surface area is 94.0 Å². The monoisotopic (exact) mass is 226 g/mol. The molecule has 5 heteroatoms. The predicted octanol–water partition coefficient (Wildman–Crippen LogP) is 1.42. The van der Waals surface area contributed by atoms with E-state index in [0.29, 0.717) is 11.6 Å². The summed E-state index contributed by atoms with van der Waals surface area (Å²) in [6.45, 7) is 5.99. The van der Waals surface area contributed by atoms with Crippen molar-refractivity contribution in [3.63, 3.8) is 0 Å². The van der Waals surface area contributed by atoms with E-state index in [4.69, 9.17) is 10.00 Å². The van der Waals surface area contributed by atoms with E-state index in [0.717, 1.165) is 0 Å². The highest BCUT2D eigenvalue weighted by Gasteiger charge is 2.15. The maximum Gasteiger partial charge on any atom is 0.351 e. The second kappa shape index (κ2) is 7.94. The summed E-state index contributed by atoms with van der Waals surface area (Å²) in [5.74, 6) is -0.596. The van der Waals surface area contributed by atoms with E-state index in [1.54, 1.807) is 19.3 Å². The largest absolute Gasteiger partial charge is 0.462 e. The van der Waals surface area contributed by atoms with Gasteiger partial charge in [0, 0.05) is 6.54 Å². The quantitative estimate of drug-likeness (QED) is 0.321. The number of hydrogen-bond donors (Lipinski definition) is 1. The van der Waals surface area contributed by atoms with Crippen LogP contribution in [0.5, 0.6) is 0 Å². The Hall–Kier alpha value is -1.41. The van der Waals surface area contributed by atoms with E-state index in [2.05, 4.69) is 11.9 Å². The van der Waals surface area contributed by atoms with E-state index in [-0.39, 0.29) is 12.2 Å². The Kier molecular flexibility index (Phi) is 7.20. The Morgan fingerprint density at radius 3 is 2.80 bits per heavy atom. The van der Waals surface area contributed by atoms with Gasteiger partial charge >= 0.3 is 5.97 Å². The van der Waals surface area contributed by atoms with Crippen molar-refractivity contribution in [3.05, 3.63) is 23.3 Å². The van der Waals surface area contributed by atoms with Crippen LogP contribution in [0.3, 0.4) is 0 Å². The average molecular weight is 226 g/mol. The van der Waals surface area contributed by atoms with E-state index < -0.39 is 5.97 Å². The first-order valence-corrected chi connectivity index (χ1v) is 5.63. The molecule has 0 bridgehead atoms. The molecule has 0 saturated carbocycles. The molecule has 0 aromatic heterocycles. The molecular formula is C10H14N2O2S. The van der Waals surface area contributed by atoms with Gasteiger partial charge in [0.1, 0.15) is 6.07 Å². The Bertz CT molecular complexity index is 305. The van der Waals surface area contributed by atoms with Gasteiger partial charge in [0.25, 0.3) is 0 Å². The number of rotatable bonds is 6. The summed E-state index contributed by atoms with van der Waals surface area (Å²) in [6, 6.07) is 1.83. The normalized spacial score (nSPS) is 11.0. The van der Waals surface area contributed by atoms with Crippen molar-refractivity contribution < 1.29 is 9.53 Å². The number of ether oxygens (including phenoxy) is 1. The Balaban J connectivity index is 4.82. The maximum atomic E-state index is 11.4. The van der Waals surface area contributed by atoms with Crippen LogP contribution in [0, 0.1) is 11.3 Å². The fourth-order valence-electron chi connectivity index (χ4n) is 0.820. The number of carbonyl (C=O) groups excluding carboxylic acids is 1. The van der Waals surface area contributed by atoms with Gasteiger partial charge in [-0.05, 0) is 13.2 Å². The zero-order valence-electron chi connectivity index (χ0n) is 8.87. The lowest BCUT2D eigenvalue weighted by Crippen LogP contribution is -2.17. The lowest BCUT2D eigenvalue weighted by Gasteiger charge is -2.08. The van der Waals surface area contributed by atoms with Crippen molar-refractivity contribution in [2.24, 2.45) is 0 Å². The highest BCUT2D eigenvalue weighted by molar-refractivity contribution is 8.02. The first-order valence-electron chi connectivity index (χ1n) is 4.41. The van der Waals surface area contributed by atoms with Crippen molar-refractivity contribution in [2.75, 3.05) is 19.4 Å². The van der Waals surface area contributed by atoms with Crippen molar-refractivity contribution in [3.8, 4) is 6.07 Å². The topological polar surface area (TPSA) is 62.1 Å². The van der Waals surface area contributed by atoms with Crippen LogP contribution in [0.15, 0.2) is 23.3 Å². The zero-order chi connectivity index (χ0) is 11.7. The van der Waals surface area contributed by atoms with Crippen molar-refractivity contribution in [1.82, 2.24) is 5.32 Å². The van der Waals surface area contributed by atoms with Gasteiger partial charge in [-0.1, -0.05) is 6.08 Å². The molecule has 0 aliphatic rings. The molecule has 0 spiro atoms. The summed E-state index contributed by atoms with van der Waals surface area (Å²) in [5, 5.41) is 12.3. The molecule has 0 aromatic rings. The molecule has 15 heavy (non-hydrogen) atoms.